The van der Waals surface area contributed by atoms with Crippen molar-refractivity contribution in [3.8, 4) is 0 Å². The van der Waals surface area contributed by atoms with Gasteiger partial charge in [-0.1, -0.05) is 6.08 Å². The van der Waals surface area contributed by atoms with Crippen LogP contribution in [0.1, 0.15) is 19.8 Å². The van der Waals surface area contributed by atoms with Gasteiger partial charge < -0.3 is 4.74 Å². The zero-order chi connectivity index (χ0) is 13.8. The van der Waals surface area contributed by atoms with Crippen molar-refractivity contribution >= 4 is 11.8 Å². The summed E-state index contributed by atoms with van der Waals surface area (Å²) >= 11 is 0. The molecule has 0 aromatic rings. The van der Waals surface area contributed by atoms with E-state index in [0.717, 1.165) is 0 Å². The van der Waals surface area contributed by atoms with Crippen LogP contribution < -0.4 is 0 Å². The molecule has 102 valence electrons. The van der Waals surface area contributed by atoms with E-state index in [1.807, 2.05) is 0 Å². The Bertz CT molecular complexity index is 344. The van der Waals surface area contributed by atoms with Gasteiger partial charge in [0.2, 0.25) is 5.78 Å². The molecule has 1 unspecified atom stereocenters. The number of ketones is 1. The topological polar surface area (TPSA) is 46.6 Å². The molecule has 0 saturated carbocycles. The van der Waals surface area contributed by atoms with Gasteiger partial charge in [0.05, 0.1) is 13.2 Å². The molecular formula is C12H17F2NO3. The average molecular weight is 261 g/mol. The van der Waals surface area contributed by atoms with Crippen molar-refractivity contribution in [3.63, 3.8) is 0 Å². The fourth-order valence-corrected chi connectivity index (χ4v) is 1.86. The van der Waals surface area contributed by atoms with E-state index in [1.165, 1.54) is 11.0 Å². The molecule has 4 nitrogen and oxygen atoms in total. The number of carbonyl (C=O) groups is 2. The van der Waals surface area contributed by atoms with Crippen LogP contribution in [-0.2, 0) is 14.3 Å². The predicted molar refractivity (Wildman–Crippen MR) is 61.4 cm³/mol. The fraction of sp³-hybridized carbons (Fsp3) is 0.667. The van der Waals surface area contributed by atoms with E-state index in [-0.39, 0.29) is 19.6 Å². The molecule has 1 heterocycles. The molecule has 0 aliphatic carbocycles. The highest BCUT2D eigenvalue weighted by Crippen LogP contribution is 2.26. The van der Waals surface area contributed by atoms with Crippen molar-refractivity contribution in [2.75, 3.05) is 19.7 Å². The third kappa shape index (κ3) is 3.35. The number of alkyl halides is 2. The second kappa shape index (κ2) is 6.04. The summed E-state index contributed by atoms with van der Waals surface area (Å²) in [7, 11) is 0. The highest BCUT2D eigenvalue weighted by molar-refractivity contribution is 5.89. The number of carbonyl (C=O) groups excluding carboxylic acids is 2. The Hall–Kier alpha value is -1.30. The Balaban J connectivity index is 2.73. The number of ether oxygens (including phenoxy) is 1. The first kappa shape index (κ1) is 14.8. The van der Waals surface area contributed by atoms with Crippen molar-refractivity contribution in [3.05, 3.63) is 12.7 Å². The van der Waals surface area contributed by atoms with Gasteiger partial charge in [-0.25, -0.2) is 0 Å². The van der Waals surface area contributed by atoms with Crippen LogP contribution in [0.5, 0.6) is 0 Å². The van der Waals surface area contributed by atoms with Crippen molar-refractivity contribution in [2.45, 2.75) is 31.7 Å². The van der Waals surface area contributed by atoms with Crippen molar-refractivity contribution in [1.82, 2.24) is 4.90 Å². The largest absolute Gasteiger partial charge is 0.465 e. The third-order valence-electron chi connectivity index (χ3n) is 2.86. The molecule has 1 aliphatic heterocycles. The summed E-state index contributed by atoms with van der Waals surface area (Å²) in [6.45, 7) is 4.97. The van der Waals surface area contributed by atoms with Gasteiger partial charge in [-0.2, -0.15) is 8.78 Å². The maximum atomic E-state index is 13.1. The minimum absolute atomic E-state index is 0.00391. The van der Waals surface area contributed by atoms with Gasteiger partial charge in [-0.05, 0) is 13.3 Å². The van der Waals surface area contributed by atoms with Crippen LogP contribution in [0, 0.1) is 0 Å². The standard InChI is InChI=1S/C12H17F2NO3/c1-3-5-9(11(17)18-4-2)15-7-6-12(13,14)10(16)8-15/h3,9H,1,4-8H2,2H3. The van der Waals surface area contributed by atoms with Gasteiger partial charge in [0.25, 0.3) is 0 Å². The molecule has 0 amide bonds. The van der Waals surface area contributed by atoms with Crippen LogP contribution in [0.2, 0.25) is 0 Å². The highest BCUT2D eigenvalue weighted by Gasteiger charge is 2.45. The van der Waals surface area contributed by atoms with Gasteiger partial charge in [0.15, 0.2) is 0 Å². The molecule has 1 saturated heterocycles. The molecule has 0 aromatic carbocycles. The lowest BCUT2D eigenvalue weighted by Gasteiger charge is -2.34. The van der Waals surface area contributed by atoms with Crippen molar-refractivity contribution in [2.24, 2.45) is 0 Å². The van der Waals surface area contributed by atoms with Gasteiger partial charge in [-0.3, -0.25) is 14.5 Å². The number of hydrogen-bond acceptors (Lipinski definition) is 4. The molecule has 0 aromatic heterocycles. The van der Waals surface area contributed by atoms with Gasteiger partial charge in [0.1, 0.15) is 6.04 Å². The van der Waals surface area contributed by atoms with E-state index in [1.54, 1.807) is 6.92 Å². The number of piperidine rings is 1. The maximum absolute atomic E-state index is 13.1. The van der Waals surface area contributed by atoms with Crippen LogP contribution >= 0.6 is 0 Å². The molecule has 1 fully saturated rings. The van der Waals surface area contributed by atoms with Gasteiger partial charge in [0, 0.05) is 13.0 Å². The lowest BCUT2D eigenvalue weighted by Crippen LogP contribution is -2.53. The van der Waals surface area contributed by atoms with Crippen molar-refractivity contribution in [1.29, 1.82) is 0 Å². The first-order valence-corrected chi connectivity index (χ1v) is 5.85. The molecular weight excluding hydrogens is 244 g/mol. The highest BCUT2D eigenvalue weighted by atomic mass is 19.3. The summed E-state index contributed by atoms with van der Waals surface area (Å²) in [4.78, 5) is 24.4. The van der Waals surface area contributed by atoms with E-state index in [2.05, 4.69) is 6.58 Å². The molecule has 0 spiro atoms. The van der Waals surface area contributed by atoms with Crippen LogP contribution in [0.4, 0.5) is 8.78 Å². The second-order valence-corrected chi connectivity index (χ2v) is 4.14. The van der Waals surface area contributed by atoms with E-state index in [4.69, 9.17) is 4.74 Å². The van der Waals surface area contributed by atoms with E-state index >= 15 is 0 Å². The van der Waals surface area contributed by atoms with E-state index in [9.17, 15) is 18.4 Å². The summed E-state index contributed by atoms with van der Waals surface area (Å²) in [5.41, 5.74) is 0. The average Bonchev–Trinajstić information content (AvgIpc) is 2.30. The van der Waals surface area contributed by atoms with Crippen molar-refractivity contribution < 1.29 is 23.1 Å². The normalized spacial score (nSPS) is 21.4. The molecule has 0 bridgehead atoms. The number of esters is 1. The van der Waals surface area contributed by atoms with Crippen LogP contribution in [0.25, 0.3) is 0 Å². The van der Waals surface area contributed by atoms with Gasteiger partial charge in [-0.15, -0.1) is 6.58 Å². The smallest absolute Gasteiger partial charge is 0.323 e. The molecule has 6 heteroatoms. The first-order chi connectivity index (χ1) is 8.42. The van der Waals surface area contributed by atoms with E-state index in [0.29, 0.717) is 0 Å². The zero-order valence-electron chi connectivity index (χ0n) is 10.3. The lowest BCUT2D eigenvalue weighted by molar-refractivity contribution is -0.159. The van der Waals surface area contributed by atoms with Crippen LogP contribution in [0.15, 0.2) is 12.7 Å². The number of hydrogen-bond donors (Lipinski definition) is 0. The number of likely N-dealkylation sites (tertiary alicyclic amines) is 1. The Kier molecular flexibility index (Phi) is 4.95. The molecule has 1 aliphatic rings. The molecule has 1 atom stereocenters. The quantitative estimate of drug-likeness (QED) is 0.554. The van der Waals surface area contributed by atoms with Crippen LogP contribution in [-0.4, -0.2) is 48.3 Å². The lowest BCUT2D eigenvalue weighted by atomic mass is 10.0. The SMILES string of the molecule is C=CCC(C(=O)OCC)N1CCC(F)(F)C(=O)C1. The Labute approximate surface area is 105 Å². The van der Waals surface area contributed by atoms with Gasteiger partial charge >= 0.3 is 11.9 Å². The number of halogens is 2. The Morgan fingerprint density at radius 3 is 2.83 bits per heavy atom. The summed E-state index contributed by atoms with van der Waals surface area (Å²) in [6.07, 6.45) is 1.23. The minimum Gasteiger partial charge on any atom is -0.465 e. The third-order valence-corrected chi connectivity index (χ3v) is 2.86. The Morgan fingerprint density at radius 2 is 2.33 bits per heavy atom. The first-order valence-electron chi connectivity index (χ1n) is 5.85. The summed E-state index contributed by atoms with van der Waals surface area (Å²) < 4.78 is 31.0. The minimum atomic E-state index is -3.27. The molecule has 18 heavy (non-hydrogen) atoms. The number of Topliss-reactive ketones (excluding diaryl/α,β-unsaturated/α-hetero) is 1. The molecule has 1 rings (SSSR count). The monoisotopic (exact) mass is 261 g/mol. The number of rotatable bonds is 5. The van der Waals surface area contributed by atoms with Crippen LogP contribution in [0.3, 0.4) is 0 Å². The maximum Gasteiger partial charge on any atom is 0.323 e. The summed E-state index contributed by atoms with van der Waals surface area (Å²) in [5.74, 6) is -4.92. The second-order valence-electron chi connectivity index (χ2n) is 4.14. The Morgan fingerprint density at radius 1 is 1.67 bits per heavy atom. The zero-order valence-corrected chi connectivity index (χ0v) is 10.3. The fourth-order valence-electron chi connectivity index (χ4n) is 1.86. The van der Waals surface area contributed by atoms with E-state index < -0.39 is 36.7 Å². The molecule has 0 radical (unpaired) electrons. The number of nitrogens with zero attached hydrogens (tertiary/aromatic N) is 1. The summed E-state index contributed by atoms with van der Waals surface area (Å²) in [5, 5.41) is 0. The summed E-state index contributed by atoms with van der Waals surface area (Å²) in [6, 6.07) is -0.706. The predicted octanol–water partition coefficient (Wildman–Crippen LogP) is 1.40. The molecule has 0 N–H and O–H groups in total.